The van der Waals surface area contributed by atoms with E-state index < -0.39 is 15.6 Å². The van der Waals surface area contributed by atoms with Crippen molar-refractivity contribution in [1.29, 1.82) is 0 Å². The lowest BCUT2D eigenvalue weighted by molar-refractivity contribution is 0.600. The lowest BCUT2D eigenvalue weighted by atomic mass is 10.5. The normalized spacial score (nSPS) is 11.5. The zero-order valence-corrected chi connectivity index (χ0v) is 12.1. The second-order valence-electron chi connectivity index (χ2n) is 3.47. The summed E-state index contributed by atoms with van der Waals surface area (Å²) in [4.78, 5) is 13.2. The molecule has 10 heteroatoms. The monoisotopic (exact) mass is 320 g/mol. The Morgan fingerprint density at radius 2 is 2.21 bits per heavy atom. The number of rotatable bonds is 4. The molecule has 0 aromatic carbocycles. The molecule has 2 heterocycles. The molecule has 0 spiro atoms. The number of anilines is 1. The Kier molecular flexibility index (Phi) is 3.88. The maximum atomic E-state index is 12.0. The number of pyridine rings is 1. The average Bonchev–Trinajstić information content (AvgIpc) is 2.79. The Labute approximate surface area is 117 Å². The number of aromatic nitrogens is 3. The molecule has 0 aliphatic heterocycles. The van der Waals surface area contributed by atoms with Crippen molar-refractivity contribution in [3.05, 3.63) is 32.6 Å². The van der Waals surface area contributed by atoms with Gasteiger partial charge in [-0.2, -0.15) is 0 Å². The molecule has 0 amide bonds. The largest absolute Gasteiger partial charge is 0.326 e. The van der Waals surface area contributed by atoms with Crippen LogP contribution in [0.25, 0.3) is 0 Å². The fourth-order valence-corrected chi connectivity index (χ4v) is 3.34. The van der Waals surface area contributed by atoms with E-state index in [0.29, 0.717) is 6.42 Å². The van der Waals surface area contributed by atoms with E-state index in [4.69, 9.17) is 11.6 Å². The minimum Gasteiger partial charge on any atom is -0.326 e. The SMILES string of the molecule is CCc1nnc(NS(=O)(=O)c2c[nH]c(=O)c(Cl)c2)s1. The Morgan fingerprint density at radius 3 is 2.79 bits per heavy atom. The van der Waals surface area contributed by atoms with Gasteiger partial charge in [0.1, 0.15) is 14.9 Å². The number of aromatic amines is 1. The van der Waals surface area contributed by atoms with Gasteiger partial charge >= 0.3 is 0 Å². The summed E-state index contributed by atoms with van der Waals surface area (Å²) in [6.45, 7) is 1.89. The number of hydrogen-bond donors (Lipinski definition) is 2. The summed E-state index contributed by atoms with van der Waals surface area (Å²) in [6.07, 6.45) is 1.74. The van der Waals surface area contributed by atoms with E-state index in [9.17, 15) is 13.2 Å². The predicted octanol–water partition coefficient (Wildman–Crippen LogP) is 1.24. The van der Waals surface area contributed by atoms with Crippen LogP contribution in [0.15, 0.2) is 22.0 Å². The number of hydrogen-bond acceptors (Lipinski definition) is 6. The molecule has 2 N–H and O–H groups in total. The molecule has 2 aromatic rings. The summed E-state index contributed by atoms with van der Waals surface area (Å²) in [5.41, 5.74) is -0.551. The highest BCUT2D eigenvalue weighted by molar-refractivity contribution is 7.93. The van der Waals surface area contributed by atoms with Gasteiger partial charge in [0.2, 0.25) is 5.13 Å². The summed E-state index contributed by atoms with van der Waals surface area (Å²) >= 11 is 6.73. The van der Waals surface area contributed by atoms with Gasteiger partial charge in [-0.25, -0.2) is 8.42 Å². The first kappa shape index (κ1) is 14.0. The van der Waals surface area contributed by atoms with Crippen LogP contribution < -0.4 is 10.3 Å². The quantitative estimate of drug-likeness (QED) is 0.882. The summed E-state index contributed by atoms with van der Waals surface area (Å²) in [7, 11) is -3.84. The first-order chi connectivity index (χ1) is 8.92. The van der Waals surface area contributed by atoms with Crippen LogP contribution >= 0.6 is 22.9 Å². The van der Waals surface area contributed by atoms with Crippen molar-refractivity contribution < 1.29 is 8.42 Å². The number of sulfonamides is 1. The maximum absolute atomic E-state index is 12.0. The molecule has 0 aliphatic carbocycles. The number of nitrogens with one attached hydrogen (secondary N) is 2. The Balaban J connectivity index is 2.31. The van der Waals surface area contributed by atoms with Crippen LogP contribution in [0.1, 0.15) is 11.9 Å². The molecule has 0 bridgehead atoms. The van der Waals surface area contributed by atoms with Gasteiger partial charge in [-0.1, -0.05) is 29.9 Å². The number of H-pyrrole nitrogens is 1. The summed E-state index contributed by atoms with van der Waals surface area (Å²) in [6, 6.07) is 1.07. The van der Waals surface area contributed by atoms with Gasteiger partial charge < -0.3 is 4.98 Å². The smallest absolute Gasteiger partial charge is 0.266 e. The third kappa shape index (κ3) is 3.11. The molecule has 0 saturated carbocycles. The summed E-state index contributed by atoms with van der Waals surface area (Å²) < 4.78 is 26.3. The van der Waals surface area contributed by atoms with Crippen molar-refractivity contribution in [3.8, 4) is 0 Å². The van der Waals surface area contributed by atoms with Gasteiger partial charge in [0.25, 0.3) is 15.6 Å². The number of nitrogens with zero attached hydrogens (tertiary/aromatic N) is 2. The molecular formula is C9H9ClN4O3S2. The van der Waals surface area contributed by atoms with E-state index in [1.807, 2.05) is 6.92 Å². The van der Waals surface area contributed by atoms with Crippen molar-refractivity contribution in [1.82, 2.24) is 15.2 Å². The van der Waals surface area contributed by atoms with Gasteiger partial charge in [-0.3, -0.25) is 9.52 Å². The topological polar surface area (TPSA) is 105 Å². The molecule has 0 atom stereocenters. The lowest BCUT2D eigenvalue weighted by Gasteiger charge is -2.04. The fraction of sp³-hybridized carbons (Fsp3) is 0.222. The molecule has 0 unspecified atom stereocenters. The fourth-order valence-electron chi connectivity index (χ4n) is 1.20. The van der Waals surface area contributed by atoms with Gasteiger partial charge in [0, 0.05) is 6.20 Å². The minimum absolute atomic E-state index is 0.148. The van der Waals surface area contributed by atoms with Crippen molar-refractivity contribution >= 4 is 38.1 Å². The lowest BCUT2D eigenvalue weighted by Crippen LogP contribution is -2.15. The van der Waals surface area contributed by atoms with Gasteiger partial charge in [0.15, 0.2) is 0 Å². The van der Waals surface area contributed by atoms with Crippen LogP contribution in [-0.2, 0) is 16.4 Å². The molecule has 2 aromatic heterocycles. The van der Waals surface area contributed by atoms with Crippen LogP contribution in [0.2, 0.25) is 5.02 Å². The molecule has 19 heavy (non-hydrogen) atoms. The first-order valence-electron chi connectivity index (χ1n) is 5.16. The summed E-state index contributed by atoms with van der Waals surface area (Å²) in [5, 5.41) is 8.20. The molecule has 0 radical (unpaired) electrons. The molecule has 2 rings (SSSR count). The molecule has 0 saturated heterocycles. The predicted molar refractivity (Wildman–Crippen MR) is 72.2 cm³/mol. The Hall–Kier alpha value is -1.45. The van der Waals surface area contributed by atoms with Crippen LogP contribution in [0.4, 0.5) is 5.13 Å². The van der Waals surface area contributed by atoms with Crippen molar-refractivity contribution in [2.45, 2.75) is 18.2 Å². The molecule has 0 aliphatic rings. The summed E-state index contributed by atoms with van der Waals surface area (Å²) in [5.74, 6) is 0. The minimum atomic E-state index is -3.84. The second-order valence-corrected chi connectivity index (χ2v) is 6.62. The standard InChI is InChI=1S/C9H9ClN4O3S2/c1-2-7-12-13-9(18-7)14-19(16,17)5-3-6(10)8(15)11-4-5/h3-4H,2H2,1H3,(H,11,15)(H,13,14). The van der Waals surface area contributed by atoms with Gasteiger partial charge in [-0.15, -0.1) is 10.2 Å². The molecule has 7 nitrogen and oxygen atoms in total. The van der Waals surface area contributed by atoms with Crippen molar-refractivity contribution in [2.24, 2.45) is 0 Å². The van der Waals surface area contributed by atoms with Crippen LogP contribution in [-0.4, -0.2) is 23.6 Å². The van der Waals surface area contributed by atoms with E-state index in [-0.39, 0.29) is 15.0 Å². The number of aryl methyl sites for hydroxylation is 1. The zero-order valence-electron chi connectivity index (χ0n) is 9.68. The van der Waals surface area contributed by atoms with E-state index >= 15 is 0 Å². The average molecular weight is 321 g/mol. The highest BCUT2D eigenvalue weighted by atomic mass is 35.5. The van der Waals surface area contributed by atoms with Crippen molar-refractivity contribution in [2.75, 3.05) is 4.72 Å². The molecule has 102 valence electrons. The third-order valence-electron chi connectivity index (χ3n) is 2.13. The first-order valence-corrected chi connectivity index (χ1v) is 7.83. The van der Waals surface area contributed by atoms with E-state index in [0.717, 1.165) is 28.6 Å². The van der Waals surface area contributed by atoms with E-state index in [1.165, 1.54) is 0 Å². The van der Waals surface area contributed by atoms with Crippen LogP contribution in [0.5, 0.6) is 0 Å². The molecular weight excluding hydrogens is 312 g/mol. The molecule has 0 fully saturated rings. The highest BCUT2D eigenvalue weighted by Crippen LogP contribution is 2.20. The zero-order chi connectivity index (χ0) is 14.0. The second kappa shape index (κ2) is 5.27. The Morgan fingerprint density at radius 1 is 1.47 bits per heavy atom. The van der Waals surface area contributed by atoms with Crippen LogP contribution in [0, 0.1) is 0 Å². The Bertz CT molecular complexity index is 753. The highest BCUT2D eigenvalue weighted by Gasteiger charge is 2.18. The third-order valence-corrected chi connectivity index (χ3v) is 4.84. The number of halogens is 1. The van der Waals surface area contributed by atoms with Crippen molar-refractivity contribution in [3.63, 3.8) is 0 Å². The van der Waals surface area contributed by atoms with E-state index in [1.54, 1.807) is 0 Å². The van der Waals surface area contributed by atoms with E-state index in [2.05, 4.69) is 19.9 Å². The van der Waals surface area contributed by atoms with Crippen LogP contribution in [0.3, 0.4) is 0 Å². The van der Waals surface area contributed by atoms with Gasteiger partial charge in [0.05, 0.1) is 0 Å². The maximum Gasteiger partial charge on any atom is 0.266 e. The van der Waals surface area contributed by atoms with Gasteiger partial charge in [-0.05, 0) is 12.5 Å².